The highest BCUT2D eigenvalue weighted by Crippen LogP contribution is 2.12. The van der Waals surface area contributed by atoms with Crippen molar-refractivity contribution in [2.75, 3.05) is 13.1 Å². The van der Waals surface area contributed by atoms with Gasteiger partial charge in [0.1, 0.15) is 23.2 Å². The third-order valence-electron chi connectivity index (χ3n) is 4.58. The zero-order valence-corrected chi connectivity index (χ0v) is 17.3. The number of imidazole rings is 1. The second-order valence-electron chi connectivity index (χ2n) is 6.84. The van der Waals surface area contributed by atoms with Gasteiger partial charge in [-0.05, 0) is 12.1 Å². The van der Waals surface area contributed by atoms with Crippen molar-refractivity contribution in [2.45, 2.75) is 19.4 Å². The Labute approximate surface area is 181 Å². The molecule has 3 heterocycles. The van der Waals surface area contributed by atoms with E-state index in [1.54, 1.807) is 5.38 Å². The Morgan fingerprint density at radius 1 is 1.13 bits per heavy atom. The Morgan fingerprint density at radius 3 is 2.81 bits per heavy atom. The van der Waals surface area contributed by atoms with Gasteiger partial charge in [0.25, 0.3) is 5.91 Å². The van der Waals surface area contributed by atoms with Gasteiger partial charge in [-0.15, -0.1) is 11.3 Å². The summed E-state index contributed by atoms with van der Waals surface area (Å²) in [4.78, 5) is 28.0. The van der Waals surface area contributed by atoms with Crippen LogP contribution in [0.15, 0.2) is 41.9 Å². The predicted molar refractivity (Wildman–Crippen MR) is 114 cm³/mol. The van der Waals surface area contributed by atoms with Crippen LogP contribution >= 0.6 is 11.3 Å². The number of halogens is 2. The van der Waals surface area contributed by atoms with E-state index in [0.717, 1.165) is 53.6 Å². The lowest BCUT2D eigenvalue weighted by molar-refractivity contribution is 0.0945. The summed E-state index contributed by atoms with van der Waals surface area (Å²) < 4.78 is 26.5. The summed E-state index contributed by atoms with van der Waals surface area (Å²) in [6.45, 7) is 1.36. The lowest BCUT2D eigenvalue weighted by Gasteiger charge is -2.04. The molecular formula is C21H20F2N6OS. The molecule has 0 spiro atoms. The predicted octanol–water partition coefficient (Wildman–Crippen LogP) is 3.00. The Hall–Kier alpha value is -3.24. The lowest BCUT2D eigenvalue weighted by atomic mass is 10.3. The van der Waals surface area contributed by atoms with Gasteiger partial charge in [0.2, 0.25) is 0 Å². The maximum absolute atomic E-state index is 13.6. The largest absolute Gasteiger partial charge is 0.345 e. The zero-order valence-electron chi connectivity index (χ0n) is 16.5. The number of aromatic amines is 1. The molecule has 0 radical (unpaired) electrons. The number of nitrogens with zero attached hydrogens (tertiary/aromatic N) is 3. The fourth-order valence-electron chi connectivity index (χ4n) is 3.01. The van der Waals surface area contributed by atoms with Gasteiger partial charge in [0, 0.05) is 37.4 Å². The van der Waals surface area contributed by atoms with Gasteiger partial charge in [-0.3, -0.25) is 9.78 Å². The van der Waals surface area contributed by atoms with Crippen LogP contribution in [-0.2, 0) is 19.4 Å². The Bertz CT molecular complexity index is 1160. The van der Waals surface area contributed by atoms with Crippen LogP contribution in [0.2, 0.25) is 0 Å². The highest BCUT2D eigenvalue weighted by Gasteiger charge is 2.12. The fourth-order valence-corrected chi connectivity index (χ4v) is 3.79. The molecule has 0 aliphatic carbocycles. The monoisotopic (exact) mass is 442 g/mol. The van der Waals surface area contributed by atoms with E-state index in [4.69, 9.17) is 0 Å². The van der Waals surface area contributed by atoms with Crippen LogP contribution in [0.5, 0.6) is 0 Å². The number of aromatic nitrogens is 4. The molecule has 1 aromatic carbocycles. The summed E-state index contributed by atoms with van der Waals surface area (Å²) in [7, 11) is 0. The molecule has 31 heavy (non-hydrogen) atoms. The van der Waals surface area contributed by atoms with Crippen molar-refractivity contribution in [1.82, 2.24) is 30.6 Å². The number of carbonyl (C=O) groups excluding carboxylic acids is 1. The maximum atomic E-state index is 13.6. The van der Waals surface area contributed by atoms with Crippen molar-refractivity contribution in [1.29, 1.82) is 0 Å². The highest BCUT2D eigenvalue weighted by molar-refractivity contribution is 7.09. The smallest absolute Gasteiger partial charge is 0.271 e. The third kappa shape index (κ3) is 5.47. The maximum Gasteiger partial charge on any atom is 0.271 e. The molecule has 1 amide bonds. The molecule has 0 saturated carbocycles. The van der Waals surface area contributed by atoms with Crippen LogP contribution in [0.4, 0.5) is 8.78 Å². The van der Waals surface area contributed by atoms with Crippen LogP contribution in [0.25, 0.3) is 11.0 Å². The molecule has 3 aromatic heterocycles. The Morgan fingerprint density at radius 2 is 1.97 bits per heavy atom. The van der Waals surface area contributed by atoms with E-state index in [9.17, 15) is 13.6 Å². The van der Waals surface area contributed by atoms with Crippen LogP contribution < -0.4 is 10.6 Å². The zero-order chi connectivity index (χ0) is 21.6. The quantitative estimate of drug-likeness (QED) is 0.347. The molecule has 10 heteroatoms. The molecule has 0 saturated heterocycles. The Balaban J connectivity index is 1.19. The molecule has 0 bridgehead atoms. The van der Waals surface area contributed by atoms with E-state index >= 15 is 0 Å². The molecule has 0 aliphatic heterocycles. The normalized spacial score (nSPS) is 11.2. The number of thiazole rings is 1. The van der Waals surface area contributed by atoms with E-state index in [-0.39, 0.29) is 17.9 Å². The molecule has 0 unspecified atom stereocenters. The number of nitrogens with one attached hydrogen (secondary N) is 3. The number of hydrogen-bond donors (Lipinski definition) is 3. The highest BCUT2D eigenvalue weighted by atomic mass is 32.1. The third-order valence-corrected chi connectivity index (χ3v) is 5.49. The molecule has 0 fully saturated rings. The second kappa shape index (κ2) is 9.71. The first-order valence-corrected chi connectivity index (χ1v) is 10.6. The second-order valence-corrected chi connectivity index (χ2v) is 7.78. The van der Waals surface area contributed by atoms with Gasteiger partial charge >= 0.3 is 0 Å². The minimum Gasteiger partial charge on any atom is -0.345 e. The summed E-state index contributed by atoms with van der Waals surface area (Å²) in [5.41, 5.74) is 2.23. The minimum atomic E-state index is -0.798. The molecule has 160 valence electrons. The summed E-state index contributed by atoms with van der Waals surface area (Å²) in [5.74, 6) is -1.05. The Kier molecular flexibility index (Phi) is 6.58. The standard InChI is InChI=1S/C21H20F2N6OS/c22-13-9-14(23)17(25-10-13)11-26-21(30)18-12-31-20(29-18)6-8-24-7-5-19-27-15-3-1-2-4-16(15)28-19/h1-4,9-10,12,24H,5-8,11H2,(H,26,30)(H,27,28). The first-order valence-electron chi connectivity index (χ1n) is 9.75. The molecule has 0 aliphatic rings. The van der Waals surface area contributed by atoms with Gasteiger partial charge in [-0.2, -0.15) is 0 Å². The van der Waals surface area contributed by atoms with Gasteiger partial charge in [0.15, 0.2) is 0 Å². The van der Waals surface area contributed by atoms with Crippen molar-refractivity contribution in [3.05, 3.63) is 75.8 Å². The van der Waals surface area contributed by atoms with E-state index in [1.165, 1.54) is 11.3 Å². The summed E-state index contributed by atoms with van der Waals surface area (Å²) in [6.07, 6.45) is 2.38. The molecule has 4 rings (SSSR count). The summed E-state index contributed by atoms with van der Waals surface area (Å²) >= 11 is 1.39. The number of para-hydroxylation sites is 2. The number of fused-ring (bicyclic) bond motifs is 1. The molecule has 7 nitrogen and oxygen atoms in total. The first-order chi connectivity index (χ1) is 15.1. The SMILES string of the molecule is O=C(NCc1ncc(F)cc1F)c1csc(CCNCCc2nc3ccccc3[nH]2)n1. The minimum absolute atomic E-state index is 0.0288. The number of pyridine rings is 1. The molecular weight excluding hydrogens is 422 g/mol. The van der Waals surface area contributed by atoms with Crippen molar-refractivity contribution < 1.29 is 13.6 Å². The summed E-state index contributed by atoms with van der Waals surface area (Å²) in [5, 5.41) is 8.38. The van der Waals surface area contributed by atoms with Crippen LogP contribution in [0.1, 0.15) is 27.0 Å². The molecule has 3 N–H and O–H groups in total. The molecule has 0 atom stereocenters. The number of H-pyrrole nitrogens is 1. The van der Waals surface area contributed by atoms with Crippen molar-refractivity contribution in [3.8, 4) is 0 Å². The van der Waals surface area contributed by atoms with Crippen LogP contribution in [-0.4, -0.2) is 38.9 Å². The first kappa shape index (κ1) is 21.0. The van der Waals surface area contributed by atoms with E-state index in [0.29, 0.717) is 6.42 Å². The average Bonchev–Trinajstić information content (AvgIpc) is 3.39. The van der Waals surface area contributed by atoms with Crippen molar-refractivity contribution in [2.24, 2.45) is 0 Å². The van der Waals surface area contributed by atoms with Crippen LogP contribution in [0.3, 0.4) is 0 Å². The number of carbonyl (C=O) groups is 1. The van der Waals surface area contributed by atoms with Gasteiger partial charge in [0.05, 0.1) is 34.5 Å². The average molecular weight is 442 g/mol. The molecule has 4 aromatic rings. The fraction of sp³-hybridized carbons (Fsp3) is 0.238. The van der Waals surface area contributed by atoms with Gasteiger partial charge < -0.3 is 15.6 Å². The lowest BCUT2D eigenvalue weighted by Crippen LogP contribution is -2.24. The van der Waals surface area contributed by atoms with Crippen molar-refractivity contribution >= 4 is 28.3 Å². The topological polar surface area (TPSA) is 95.6 Å². The van der Waals surface area contributed by atoms with E-state index in [1.807, 2.05) is 24.3 Å². The van der Waals surface area contributed by atoms with E-state index < -0.39 is 17.5 Å². The van der Waals surface area contributed by atoms with Gasteiger partial charge in [-0.25, -0.2) is 18.7 Å². The number of rotatable bonds is 9. The van der Waals surface area contributed by atoms with Crippen LogP contribution in [0, 0.1) is 11.6 Å². The summed E-state index contributed by atoms with van der Waals surface area (Å²) in [6, 6.07) is 8.65. The number of benzene rings is 1. The number of amides is 1. The van der Waals surface area contributed by atoms with Gasteiger partial charge in [-0.1, -0.05) is 12.1 Å². The van der Waals surface area contributed by atoms with Crippen molar-refractivity contribution in [3.63, 3.8) is 0 Å². The number of hydrogen-bond acceptors (Lipinski definition) is 6. The van der Waals surface area contributed by atoms with E-state index in [2.05, 4.69) is 30.6 Å².